The molecular weight excluding hydrogens is 346 g/mol. The molecule has 0 spiro atoms. The number of thioether (sulfide) groups is 1. The van der Waals surface area contributed by atoms with Gasteiger partial charge in [-0.3, -0.25) is 0 Å². The van der Waals surface area contributed by atoms with Gasteiger partial charge in [-0.2, -0.15) is 0 Å². The van der Waals surface area contributed by atoms with E-state index >= 15 is 0 Å². The highest BCUT2D eigenvalue weighted by atomic mass is 32.2. The molecule has 2 amide bonds. The third-order valence-corrected chi connectivity index (χ3v) is 4.77. The van der Waals surface area contributed by atoms with Gasteiger partial charge < -0.3 is 20.6 Å². The number of benzene rings is 2. The van der Waals surface area contributed by atoms with Gasteiger partial charge in [0.15, 0.2) is 0 Å². The van der Waals surface area contributed by atoms with Crippen LogP contribution in [0.15, 0.2) is 59.5 Å². The van der Waals surface area contributed by atoms with Crippen LogP contribution in [0.5, 0.6) is 0 Å². The zero-order valence-electron chi connectivity index (χ0n) is 15.5. The van der Waals surface area contributed by atoms with Crippen molar-refractivity contribution in [2.45, 2.75) is 11.0 Å². The van der Waals surface area contributed by atoms with Crippen LogP contribution in [0.4, 0.5) is 10.5 Å². The van der Waals surface area contributed by atoms with E-state index in [1.54, 1.807) is 11.8 Å². The molecule has 0 heterocycles. The molecule has 0 bridgehead atoms. The Morgan fingerprint density at radius 2 is 1.88 bits per heavy atom. The standard InChI is InChI=1S/C20H27N3O2S/c1-23(2)14-16(19(24)15-8-5-4-6-9-15)13-21-20(25)22-17-10-7-11-18(12-17)26-3/h4-12,16,19,24H,13-14H2,1-3H3,(H2,21,22,25). The van der Waals surface area contributed by atoms with Gasteiger partial charge in [-0.25, -0.2) is 4.79 Å². The van der Waals surface area contributed by atoms with E-state index in [0.717, 1.165) is 16.1 Å². The molecule has 2 aromatic carbocycles. The van der Waals surface area contributed by atoms with Gasteiger partial charge in [-0.1, -0.05) is 36.4 Å². The highest BCUT2D eigenvalue weighted by Gasteiger charge is 2.22. The van der Waals surface area contributed by atoms with Crippen LogP contribution >= 0.6 is 11.8 Å². The largest absolute Gasteiger partial charge is 0.388 e. The van der Waals surface area contributed by atoms with Crippen LogP contribution in [0.25, 0.3) is 0 Å². The maximum Gasteiger partial charge on any atom is 0.319 e. The van der Waals surface area contributed by atoms with Crippen LogP contribution in [-0.4, -0.2) is 49.5 Å². The summed E-state index contributed by atoms with van der Waals surface area (Å²) < 4.78 is 0. The van der Waals surface area contributed by atoms with Gasteiger partial charge in [0.2, 0.25) is 0 Å². The van der Waals surface area contributed by atoms with Gasteiger partial charge in [0, 0.05) is 29.6 Å². The van der Waals surface area contributed by atoms with E-state index in [2.05, 4.69) is 10.6 Å². The van der Waals surface area contributed by atoms with Gasteiger partial charge in [0.1, 0.15) is 0 Å². The van der Waals surface area contributed by atoms with Gasteiger partial charge >= 0.3 is 6.03 Å². The number of rotatable bonds is 8. The Morgan fingerprint density at radius 1 is 1.15 bits per heavy atom. The fraction of sp³-hybridized carbons (Fsp3) is 0.350. The Morgan fingerprint density at radius 3 is 2.54 bits per heavy atom. The zero-order valence-corrected chi connectivity index (χ0v) is 16.3. The summed E-state index contributed by atoms with van der Waals surface area (Å²) in [4.78, 5) is 15.3. The SMILES string of the molecule is CSc1cccc(NC(=O)NCC(CN(C)C)C(O)c2ccccc2)c1. The summed E-state index contributed by atoms with van der Waals surface area (Å²) in [5.74, 6) is -0.115. The second kappa shape index (κ2) is 10.2. The first-order valence-electron chi connectivity index (χ1n) is 8.56. The predicted octanol–water partition coefficient (Wildman–Crippen LogP) is 3.44. The van der Waals surface area contributed by atoms with Gasteiger partial charge in [-0.15, -0.1) is 11.8 Å². The first-order chi connectivity index (χ1) is 12.5. The lowest BCUT2D eigenvalue weighted by Crippen LogP contribution is -2.39. The maximum absolute atomic E-state index is 12.2. The summed E-state index contributed by atoms with van der Waals surface area (Å²) in [6, 6.07) is 17.0. The summed E-state index contributed by atoms with van der Waals surface area (Å²) in [6.07, 6.45) is 1.36. The van der Waals surface area contributed by atoms with Crippen LogP contribution in [0.3, 0.4) is 0 Å². The molecule has 2 aromatic rings. The third-order valence-electron chi connectivity index (χ3n) is 4.04. The van der Waals surface area contributed by atoms with Crippen LogP contribution in [0, 0.1) is 5.92 Å². The number of nitrogens with zero attached hydrogens (tertiary/aromatic N) is 1. The molecule has 0 aliphatic heterocycles. The summed E-state index contributed by atoms with van der Waals surface area (Å²) >= 11 is 1.63. The van der Waals surface area contributed by atoms with Crippen molar-refractivity contribution in [3.8, 4) is 0 Å². The lowest BCUT2D eigenvalue weighted by Gasteiger charge is -2.26. The van der Waals surface area contributed by atoms with Gasteiger partial charge in [-0.05, 0) is 44.1 Å². The van der Waals surface area contributed by atoms with E-state index in [0.29, 0.717) is 13.1 Å². The smallest absolute Gasteiger partial charge is 0.319 e. The van der Waals surface area contributed by atoms with Gasteiger partial charge in [0.05, 0.1) is 6.10 Å². The van der Waals surface area contributed by atoms with Crippen molar-refractivity contribution in [1.29, 1.82) is 0 Å². The van der Waals surface area contributed by atoms with Crippen molar-refractivity contribution in [2.24, 2.45) is 5.92 Å². The third kappa shape index (κ3) is 6.37. The molecule has 0 fully saturated rings. The molecule has 0 aliphatic carbocycles. The molecule has 2 unspecified atom stereocenters. The summed E-state index contributed by atoms with van der Waals surface area (Å²) in [6.45, 7) is 1.04. The Hall–Kier alpha value is -2.02. The van der Waals surface area contributed by atoms with Gasteiger partial charge in [0.25, 0.3) is 0 Å². The second-order valence-corrected chi connectivity index (χ2v) is 7.32. The number of urea groups is 1. The Labute approximate surface area is 159 Å². The van der Waals surface area contributed by atoms with Crippen LogP contribution in [0.1, 0.15) is 11.7 Å². The maximum atomic E-state index is 12.2. The number of aliphatic hydroxyl groups excluding tert-OH is 1. The summed E-state index contributed by atoms with van der Waals surface area (Å²) in [7, 11) is 3.91. The number of hydrogen-bond donors (Lipinski definition) is 3. The highest BCUT2D eigenvalue weighted by molar-refractivity contribution is 7.98. The molecule has 0 saturated heterocycles. The number of anilines is 1. The minimum atomic E-state index is -0.640. The number of hydrogen-bond acceptors (Lipinski definition) is 4. The molecule has 0 aromatic heterocycles. The lowest BCUT2D eigenvalue weighted by molar-refractivity contribution is 0.0911. The van der Waals surface area contributed by atoms with E-state index < -0.39 is 6.10 Å². The van der Waals surface area contributed by atoms with Crippen molar-refractivity contribution in [3.05, 3.63) is 60.2 Å². The Balaban J connectivity index is 1.96. The zero-order chi connectivity index (χ0) is 18.9. The monoisotopic (exact) mass is 373 g/mol. The summed E-state index contributed by atoms with van der Waals surface area (Å²) in [5, 5.41) is 16.4. The molecular formula is C20H27N3O2S. The van der Waals surface area contributed by atoms with Crippen molar-refractivity contribution >= 4 is 23.5 Å². The molecule has 0 saturated carbocycles. The van der Waals surface area contributed by atoms with E-state index in [9.17, 15) is 9.90 Å². The number of amides is 2. The van der Waals surface area contributed by atoms with Crippen molar-refractivity contribution in [2.75, 3.05) is 38.8 Å². The normalized spacial score (nSPS) is 13.3. The van der Waals surface area contributed by atoms with E-state index in [-0.39, 0.29) is 11.9 Å². The van der Waals surface area contributed by atoms with Crippen LogP contribution in [0.2, 0.25) is 0 Å². The predicted molar refractivity (Wildman–Crippen MR) is 109 cm³/mol. The molecule has 6 heteroatoms. The van der Waals surface area contributed by atoms with Crippen molar-refractivity contribution < 1.29 is 9.90 Å². The average Bonchev–Trinajstić information content (AvgIpc) is 2.65. The van der Waals surface area contributed by atoms with E-state index in [1.165, 1.54) is 0 Å². The molecule has 26 heavy (non-hydrogen) atoms. The number of nitrogens with one attached hydrogen (secondary N) is 2. The topological polar surface area (TPSA) is 64.6 Å². The number of carbonyl (C=O) groups is 1. The lowest BCUT2D eigenvalue weighted by atomic mass is 9.95. The van der Waals surface area contributed by atoms with E-state index in [1.807, 2.05) is 79.8 Å². The molecule has 3 N–H and O–H groups in total. The molecule has 5 nitrogen and oxygen atoms in total. The fourth-order valence-electron chi connectivity index (χ4n) is 2.77. The number of aliphatic hydroxyl groups is 1. The second-order valence-electron chi connectivity index (χ2n) is 6.44. The highest BCUT2D eigenvalue weighted by Crippen LogP contribution is 2.22. The minimum Gasteiger partial charge on any atom is -0.388 e. The van der Waals surface area contributed by atoms with Crippen molar-refractivity contribution in [3.63, 3.8) is 0 Å². The Bertz CT molecular complexity index is 694. The van der Waals surface area contributed by atoms with Crippen LogP contribution in [-0.2, 0) is 0 Å². The molecule has 0 aliphatic rings. The molecule has 2 rings (SSSR count). The fourth-order valence-corrected chi connectivity index (χ4v) is 3.23. The first-order valence-corrected chi connectivity index (χ1v) is 9.78. The summed E-state index contributed by atoms with van der Waals surface area (Å²) in [5.41, 5.74) is 1.61. The quantitative estimate of drug-likeness (QED) is 0.620. The average molecular weight is 374 g/mol. The molecule has 2 atom stereocenters. The minimum absolute atomic E-state index is 0.115. The van der Waals surface area contributed by atoms with Crippen LogP contribution < -0.4 is 10.6 Å². The van der Waals surface area contributed by atoms with E-state index in [4.69, 9.17) is 0 Å². The van der Waals surface area contributed by atoms with Crippen molar-refractivity contribution in [1.82, 2.24) is 10.2 Å². The number of carbonyl (C=O) groups excluding carboxylic acids is 1. The Kier molecular flexibility index (Phi) is 7.97. The molecule has 0 radical (unpaired) electrons. The molecule has 140 valence electrons. The first kappa shape index (κ1) is 20.3.